The van der Waals surface area contributed by atoms with Gasteiger partial charge in [-0.3, -0.25) is 9.48 Å². The highest BCUT2D eigenvalue weighted by Gasteiger charge is 2.22. The van der Waals surface area contributed by atoms with Gasteiger partial charge in [0.1, 0.15) is 11.3 Å². The van der Waals surface area contributed by atoms with Gasteiger partial charge in [0.15, 0.2) is 5.82 Å². The lowest BCUT2D eigenvalue weighted by atomic mass is 9.86. The number of carbonyl (C=O) groups excluding carboxylic acids is 1. The minimum Gasteiger partial charge on any atom is -0.532 e. The van der Waals surface area contributed by atoms with E-state index in [0.29, 0.717) is 29.4 Å². The van der Waals surface area contributed by atoms with Crippen molar-refractivity contribution in [3.63, 3.8) is 0 Å². The Kier molecular flexibility index (Phi) is 4.40. The van der Waals surface area contributed by atoms with E-state index in [4.69, 9.17) is 15.1 Å². The fraction of sp³-hybridized carbons (Fsp3) is 0.294. The lowest BCUT2D eigenvalue weighted by Gasteiger charge is -2.22. The molecular formula is C17H19BN4O4. The average molecular weight is 354 g/mol. The predicted octanol–water partition coefficient (Wildman–Crippen LogP) is 1.50. The monoisotopic (exact) mass is 354 g/mol. The van der Waals surface area contributed by atoms with Crippen LogP contribution in [0.25, 0.3) is 6.08 Å². The van der Waals surface area contributed by atoms with Crippen LogP contribution in [0, 0.1) is 0 Å². The molecule has 26 heavy (non-hydrogen) atoms. The maximum absolute atomic E-state index is 11.8. The zero-order valence-corrected chi connectivity index (χ0v) is 14.1. The lowest BCUT2D eigenvalue weighted by Crippen LogP contribution is -2.21. The van der Waals surface area contributed by atoms with E-state index in [9.17, 15) is 9.82 Å². The molecule has 0 aliphatic carbocycles. The van der Waals surface area contributed by atoms with E-state index < -0.39 is 13.0 Å². The molecule has 0 radical (unpaired) electrons. The number of nitrogens with one attached hydrogen (secondary N) is 1. The SMILES string of the molecule is NC(=O)c1cn([C@@H]2CCCOC2)nc1Nc1ccc2c(c1)OB(O)C=C2. The van der Waals surface area contributed by atoms with E-state index in [1.54, 1.807) is 29.0 Å². The maximum Gasteiger partial charge on any atom is 0.552 e. The summed E-state index contributed by atoms with van der Waals surface area (Å²) < 4.78 is 12.6. The number of rotatable bonds is 4. The second-order valence-corrected chi connectivity index (χ2v) is 6.35. The summed E-state index contributed by atoms with van der Waals surface area (Å²) in [6, 6.07) is 5.54. The molecule has 1 amide bonds. The molecule has 9 heteroatoms. The molecule has 2 aromatic rings. The zero-order chi connectivity index (χ0) is 18.1. The maximum atomic E-state index is 11.8. The van der Waals surface area contributed by atoms with E-state index in [1.807, 2.05) is 12.1 Å². The molecule has 1 fully saturated rings. The number of fused-ring (bicyclic) bond motifs is 1. The molecule has 2 aliphatic heterocycles. The van der Waals surface area contributed by atoms with Crippen LogP contribution in [0.3, 0.4) is 0 Å². The number of carbonyl (C=O) groups is 1. The number of ether oxygens (including phenoxy) is 1. The number of hydrogen-bond donors (Lipinski definition) is 3. The van der Waals surface area contributed by atoms with Crippen molar-refractivity contribution < 1.29 is 19.2 Å². The summed E-state index contributed by atoms with van der Waals surface area (Å²) in [6.45, 7) is 1.32. The van der Waals surface area contributed by atoms with Crippen LogP contribution in [-0.2, 0) is 4.74 Å². The molecule has 3 heterocycles. The quantitative estimate of drug-likeness (QED) is 0.718. The highest BCUT2D eigenvalue weighted by molar-refractivity contribution is 6.51. The zero-order valence-electron chi connectivity index (χ0n) is 14.1. The van der Waals surface area contributed by atoms with Gasteiger partial charge in [0, 0.05) is 30.1 Å². The van der Waals surface area contributed by atoms with E-state index in [-0.39, 0.29) is 6.04 Å². The topological polar surface area (TPSA) is 112 Å². The summed E-state index contributed by atoms with van der Waals surface area (Å²) >= 11 is 0. The third-order valence-electron chi connectivity index (χ3n) is 4.47. The van der Waals surface area contributed by atoms with Gasteiger partial charge < -0.3 is 25.5 Å². The smallest absolute Gasteiger partial charge is 0.532 e. The summed E-state index contributed by atoms with van der Waals surface area (Å²) in [5, 5.41) is 17.2. The molecule has 4 N–H and O–H groups in total. The molecule has 1 saturated heterocycles. The first-order valence-electron chi connectivity index (χ1n) is 8.51. The van der Waals surface area contributed by atoms with Crippen molar-refractivity contribution in [1.82, 2.24) is 9.78 Å². The summed E-state index contributed by atoms with van der Waals surface area (Å²) in [4.78, 5) is 11.8. The first kappa shape index (κ1) is 16.7. The van der Waals surface area contributed by atoms with Crippen LogP contribution in [0.1, 0.15) is 34.8 Å². The number of hydrogen-bond acceptors (Lipinski definition) is 6. The first-order chi connectivity index (χ1) is 12.6. The van der Waals surface area contributed by atoms with Crippen LogP contribution in [0.2, 0.25) is 0 Å². The van der Waals surface area contributed by atoms with Gasteiger partial charge in [0.25, 0.3) is 5.91 Å². The van der Waals surface area contributed by atoms with Gasteiger partial charge in [0.2, 0.25) is 0 Å². The van der Waals surface area contributed by atoms with Crippen LogP contribution in [0.15, 0.2) is 30.4 Å². The number of primary amides is 1. The van der Waals surface area contributed by atoms with Crippen LogP contribution >= 0.6 is 0 Å². The Hall–Kier alpha value is -2.78. The van der Waals surface area contributed by atoms with Gasteiger partial charge in [0.05, 0.1) is 12.6 Å². The van der Waals surface area contributed by atoms with Gasteiger partial charge in [-0.2, -0.15) is 5.10 Å². The summed E-state index contributed by atoms with van der Waals surface area (Å²) in [7, 11) is -0.968. The molecule has 0 bridgehead atoms. The molecule has 4 rings (SSSR count). The standard InChI is InChI=1S/C17H19BN4O4/c19-16(23)14-9-22(13-2-1-7-25-10-13)21-17(14)20-12-4-3-11-5-6-18(24)26-15(11)8-12/h3-6,8-9,13,24H,1-2,7,10H2,(H2,19,23)(H,20,21)/t13-/m1/s1. The van der Waals surface area contributed by atoms with Crippen molar-refractivity contribution in [3.05, 3.63) is 41.5 Å². The third-order valence-corrected chi connectivity index (χ3v) is 4.47. The Labute approximate surface area is 150 Å². The Morgan fingerprint density at radius 1 is 1.46 bits per heavy atom. The average Bonchev–Trinajstić information content (AvgIpc) is 3.06. The van der Waals surface area contributed by atoms with Crippen molar-refractivity contribution in [2.24, 2.45) is 5.73 Å². The Balaban J connectivity index is 1.61. The predicted molar refractivity (Wildman–Crippen MR) is 97.2 cm³/mol. The highest BCUT2D eigenvalue weighted by Crippen LogP contribution is 2.30. The number of amides is 1. The molecule has 1 aromatic carbocycles. The van der Waals surface area contributed by atoms with Crippen molar-refractivity contribution in [3.8, 4) is 5.75 Å². The van der Waals surface area contributed by atoms with Gasteiger partial charge in [-0.15, -0.1) is 0 Å². The molecule has 0 saturated carbocycles. The fourth-order valence-corrected chi connectivity index (χ4v) is 3.13. The number of benzene rings is 1. The van der Waals surface area contributed by atoms with E-state index in [2.05, 4.69) is 10.4 Å². The first-order valence-corrected chi connectivity index (χ1v) is 8.51. The lowest BCUT2D eigenvalue weighted by molar-refractivity contribution is 0.0550. The van der Waals surface area contributed by atoms with Gasteiger partial charge in [-0.25, -0.2) is 0 Å². The summed E-state index contributed by atoms with van der Waals surface area (Å²) in [5.41, 5.74) is 7.37. The Bertz CT molecular complexity index is 860. The summed E-state index contributed by atoms with van der Waals surface area (Å²) in [6.07, 6.45) is 5.35. The fourth-order valence-electron chi connectivity index (χ4n) is 3.13. The number of anilines is 2. The number of nitrogens with two attached hydrogens (primary N) is 1. The van der Waals surface area contributed by atoms with Crippen LogP contribution in [-0.4, -0.2) is 41.0 Å². The molecule has 1 aromatic heterocycles. The second-order valence-electron chi connectivity index (χ2n) is 6.35. The molecule has 0 spiro atoms. The Morgan fingerprint density at radius 3 is 3.12 bits per heavy atom. The largest absolute Gasteiger partial charge is 0.552 e. The van der Waals surface area contributed by atoms with Crippen molar-refractivity contribution >= 4 is 30.6 Å². The van der Waals surface area contributed by atoms with Crippen LogP contribution in [0.5, 0.6) is 5.75 Å². The van der Waals surface area contributed by atoms with E-state index in [1.165, 1.54) is 0 Å². The molecule has 2 aliphatic rings. The second kappa shape index (κ2) is 6.85. The van der Waals surface area contributed by atoms with Crippen molar-refractivity contribution in [2.75, 3.05) is 18.5 Å². The number of nitrogens with zero attached hydrogens (tertiary/aromatic N) is 2. The van der Waals surface area contributed by atoms with Gasteiger partial charge in [-0.1, -0.05) is 6.08 Å². The molecular weight excluding hydrogens is 335 g/mol. The van der Waals surface area contributed by atoms with Crippen LogP contribution in [0.4, 0.5) is 11.5 Å². The van der Waals surface area contributed by atoms with Gasteiger partial charge in [-0.05, 0) is 30.9 Å². The molecule has 8 nitrogen and oxygen atoms in total. The van der Waals surface area contributed by atoms with Gasteiger partial charge >= 0.3 is 7.12 Å². The van der Waals surface area contributed by atoms with E-state index >= 15 is 0 Å². The highest BCUT2D eigenvalue weighted by atomic mass is 16.5. The number of aromatic nitrogens is 2. The third kappa shape index (κ3) is 3.31. The summed E-state index contributed by atoms with van der Waals surface area (Å²) in [5.74, 6) is 1.94. The van der Waals surface area contributed by atoms with E-state index in [0.717, 1.165) is 25.0 Å². The normalized spacial score (nSPS) is 19.0. The molecule has 0 unspecified atom stereocenters. The minimum absolute atomic E-state index is 0.0875. The molecule has 1 atom stereocenters. The Morgan fingerprint density at radius 2 is 2.35 bits per heavy atom. The van der Waals surface area contributed by atoms with Crippen molar-refractivity contribution in [2.45, 2.75) is 18.9 Å². The van der Waals surface area contributed by atoms with Crippen molar-refractivity contribution in [1.29, 1.82) is 0 Å². The minimum atomic E-state index is -0.968. The molecule has 134 valence electrons. The van der Waals surface area contributed by atoms with Crippen LogP contribution < -0.4 is 15.7 Å².